The number of carbonyl (C=O) groups excluding carboxylic acids is 1. The minimum Gasteiger partial charge on any atom is -0.319 e. The lowest BCUT2D eigenvalue weighted by Gasteiger charge is -2.20. The van der Waals surface area contributed by atoms with Crippen molar-refractivity contribution in [3.8, 4) is 0 Å². The van der Waals surface area contributed by atoms with Gasteiger partial charge in [-0.1, -0.05) is 39.7 Å². The summed E-state index contributed by atoms with van der Waals surface area (Å²) in [5, 5.41) is 2.84. The molecule has 0 spiro atoms. The highest BCUT2D eigenvalue weighted by molar-refractivity contribution is 9.10. The summed E-state index contributed by atoms with van der Waals surface area (Å²) in [5.41, 5.74) is 0.444. The van der Waals surface area contributed by atoms with Crippen LogP contribution in [0.4, 0.5) is 15.8 Å². The first-order valence-electron chi connectivity index (χ1n) is 8.29. The zero-order valence-electron chi connectivity index (χ0n) is 15.1. The summed E-state index contributed by atoms with van der Waals surface area (Å²) in [5.74, 6) is -1.24. The molecule has 0 saturated heterocycles. The highest BCUT2D eigenvalue weighted by Crippen LogP contribution is 2.25. The Balaban J connectivity index is 1.89. The van der Waals surface area contributed by atoms with Crippen molar-refractivity contribution >= 4 is 54.8 Å². The Morgan fingerprint density at radius 3 is 2.48 bits per heavy atom. The van der Waals surface area contributed by atoms with Gasteiger partial charge in [0, 0.05) is 22.1 Å². The van der Waals surface area contributed by atoms with Crippen molar-refractivity contribution in [2.24, 2.45) is 0 Å². The molecule has 0 atom stereocenters. The van der Waals surface area contributed by atoms with E-state index in [0.29, 0.717) is 15.2 Å². The number of nitrogens with zero attached hydrogens (tertiary/aromatic N) is 1. The number of nitrogens with one attached hydrogen (secondary N) is 1. The molecule has 29 heavy (non-hydrogen) atoms. The van der Waals surface area contributed by atoms with Crippen LogP contribution < -0.4 is 9.62 Å². The lowest BCUT2D eigenvalue weighted by atomic mass is 10.2. The van der Waals surface area contributed by atoms with Crippen LogP contribution in [-0.2, 0) is 10.0 Å². The highest BCUT2D eigenvalue weighted by atomic mass is 79.9. The molecule has 1 amide bonds. The van der Waals surface area contributed by atoms with Crippen LogP contribution in [0.3, 0.4) is 0 Å². The van der Waals surface area contributed by atoms with Crippen molar-refractivity contribution in [3.63, 3.8) is 0 Å². The van der Waals surface area contributed by atoms with Crippen molar-refractivity contribution in [3.05, 3.63) is 87.6 Å². The van der Waals surface area contributed by atoms with Gasteiger partial charge in [-0.05, 0) is 54.6 Å². The van der Waals surface area contributed by atoms with Gasteiger partial charge in [-0.15, -0.1) is 0 Å². The molecule has 9 heteroatoms. The normalized spacial score (nSPS) is 11.2. The quantitative estimate of drug-likeness (QED) is 0.519. The third-order valence-corrected chi connectivity index (χ3v) is 6.62. The van der Waals surface area contributed by atoms with Crippen molar-refractivity contribution in [2.75, 3.05) is 16.7 Å². The van der Waals surface area contributed by atoms with Gasteiger partial charge in [0.1, 0.15) is 5.82 Å². The van der Waals surface area contributed by atoms with Crippen LogP contribution in [0.15, 0.2) is 76.1 Å². The SMILES string of the molecule is CN(c1cccc(Cl)c1)S(=O)(=O)c1cccc(C(=O)Nc2ccc(Br)cc2F)c1. The number of sulfonamides is 1. The minimum absolute atomic E-state index is 0.0116. The lowest BCUT2D eigenvalue weighted by Crippen LogP contribution is -2.26. The Bertz CT molecular complexity index is 1190. The fraction of sp³-hybridized carbons (Fsp3) is 0.0500. The largest absolute Gasteiger partial charge is 0.319 e. The van der Waals surface area contributed by atoms with Gasteiger partial charge >= 0.3 is 0 Å². The summed E-state index contributed by atoms with van der Waals surface area (Å²) in [4.78, 5) is 12.4. The summed E-state index contributed by atoms with van der Waals surface area (Å²) in [6.07, 6.45) is 0. The number of carbonyl (C=O) groups is 1. The lowest BCUT2D eigenvalue weighted by molar-refractivity contribution is 0.102. The van der Waals surface area contributed by atoms with Gasteiger partial charge in [0.2, 0.25) is 0 Å². The van der Waals surface area contributed by atoms with Gasteiger partial charge in [0.05, 0.1) is 16.3 Å². The van der Waals surface area contributed by atoms with Crippen LogP contribution in [0.5, 0.6) is 0 Å². The van der Waals surface area contributed by atoms with E-state index in [1.165, 1.54) is 49.5 Å². The molecule has 0 unspecified atom stereocenters. The van der Waals surface area contributed by atoms with Crippen LogP contribution in [-0.4, -0.2) is 21.4 Å². The third kappa shape index (κ3) is 4.77. The second kappa shape index (κ2) is 8.52. The van der Waals surface area contributed by atoms with Crippen LogP contribution in [0.2, 0.25) is 5.02 Å². The van der Waals surface area contributed by atoms with Gasteiger partial charge in [-0.3, -0.25) is 9.10 Å². The van der Waals surface area contributed by atoms with Gasteiger partial charge in [0.25, 0.3) is 15.9 Å². The van der Waals surface area contributed by atoms with E-state index in [9.17, 15) is 17.6 Å². The monoisotopic (exact) mass is 496 g/mol. The summed E-state index contributed by atoms with van der Waals surface area (Å²) in [6.45, 7) is 0. The zero-order valence-corrected chi connectivity index (χ0v) is 18.2. The second-order valence-corrected chi connectivity index (χ2v) is 9.38. The first kappa shape index (κ1) is 21.3. The molecule has 0 fully saturated rings. The van der Waals surface area contributed by atoms with Crippen LogP contribution in [0.25, 0.3) is 0 Å². The highest BCUT2D eigenvalue weighted by Gasteiger charge is 2.23. The number of hydrogen-bond acceptors (Lipinski definition) is 3. The molecule has 0 saturated carbocycles. The molecule has 0 heterocycles. The molecule has 150 valence electrons. The van der Waals surface area contributed by atoms with E-state index in [1.54, 1.807) is 24.3 Å². The Hall–Kier alpha value is -2.42. The molecular weight excluding hydrogens is 483 g/mol. The molecular formula is C20H15BrClFN2O3S. The first-order chi connectivity index (χ1) is 13.7. The smallest absolute Gasteiger partial charge is 0.264 e. The molecule has 3 aromatic rings. The van der Waals surface area contributed by atoms with Crippen LogP contribution in [0, 0.1) is 5.82 Å². The van der Waals surface area contributed by atoms with Crippen molar-refractivity contribution < 1.29 is 17.6 Å². The molecule has 3 aromatic carbocycles. The van der Waals surface area contributed by atoms with Gasteiger partial charge in [0.15, 0.2) is 0 Å². The molecule has 5 nitrogen and oxygen atoms in total. The Morgan fingerprint density at radius 2 is 1.79 bits per heavy atom. The number of rotatable bonds is 5. The van der Waals surface area contributed by atoms with Gasteiger partial charge in [-0.2, -0.15) is 0 Å². The summed E-state index contributed by atoms with van der Waals surface area (Å²) < 4.78 is 41.5. The number of benzene rings is 3. The van der Waals surface area contributed by atoms with Crippen LogP contribution in [0.1, 0.15) is 10.4 Å². The predicted octanol–water partition coefficient (Wildman–Crippen LogP) is 5.32. The van der Waals surface area contributed by atoms with Gasteiger partial charge < -0.3 is 5.32 Å². The van der Waals surface area contributed by atoms with E-state index in [2.05, 4.69) is 21.2 Å². The van der Waals surface area contributed by atoms with E-state index < -0.39 is 21.7 Å². The predicted molar refractivity (Wildman–Crippen MR) is 116 cm³/mol. The van der Waals surface area contributed by atoms with Crippen molar-refractivity contribution in [1.82, 2.24) is 0 Å². The number of anilines is 2. The third-order valence-electron chi connectivity index (χ3n) is 4.11. The van der Waals surface area contributed by atoms with Crippen LogP contribution >= 0.6 is 27.5 Å². The fourth-order valence-electron chi connectivity index (χ4n) is 2.55. The van der Waals surface area contributed by atoms with Gasteiger partial charge in [-0.25, -0.2) is 12.8 Å². The van der Waals surface area contributed by atoms with E-state index >= 15 is 0 Å². The van der Waals surface area contributed by atoms with E-state index in [1.807, 2.05) is 0 Å². The summed E-state index contributed by atoms with van der Waals surface area (Å²) >= 11 is 9.09. The maximum absolute atomic E-state index is 14.0. The van der Waals surface area contributed by atoms with Crippen molar-refractivity contribution in [2.45, 2.75) is 4.90 Å². The molecule has 1 N–H and O–H groups in total. The molecule has 0 bridgehead atoms. The van der Waals surface area contributed by atoms with Crippen molar-refractivity contribution in [1.29, 1.82) is 0 Å². The molecule has 0 radical (unpaired) electrons. The topological polar surface area (TPSA) is 66.5 Å². The zero-order chi connectivity index (χ0) is 21.2. The molecule has 0 aromatic heterocycles. The maximum Gasteiger partial charge on any atom is 0.264 e. The molecule has 3 rings (SSSR count). The molecule has 0 aliphatic rings. The average molecular weight is 498 g/mol. The standard InChI is InChI=1S/C20H15BrClFN2O3S/c1-25(16-6-3-5-15(22)12-16)29(27,28)17-7-2-4-13(10-17)20(26)24-19-9-8-14(21)11-18(19)23/h2-12H,1H3,(H,24,26). The van der Waals surface area contributed by atoms with E-state index in [-0.39, 0.29) is 16.1 Å². The fourth-order valence-corrected chi connectivity index (χ4v) is 4.30. The number of amides is 1. The maximum atomic E-state index is 14.0. The first-order valence-corrected chi connectivity index (χ1v) is 10.9. The van der Waals surface area contributed by atoms with E-state index in [0.717, 1.165) is 4.31 Å². The second-order valence-electron chi connectivity index (χ2n) is 6.06. The number of halogens is 3. The average Bonchev–Trinajstić information content (AvgIpc) is 2.69. The minimum atomic E-state index is -3.94. The van der Waals surface area contributed by atoms with E-state index in [4.69, 9.17) is 11.6 Å². The number of hydrogen-bond donors (Lipinski definition) is 1. The Morgan fingerprint density at radius 1 is 1.07 bits per heavy atom. The Kier molecular flexibility index (Phi) is 6.26. The molecule has 0 aliphatic carbocycles. The summed E-state index contributed by atoms with van der Waals surface area (Å²) in [7, 11) is -2.54. The summed E-state index contributed by atoms with van der Waals surface area (Å²) in [6, 6.07) is 16.1. The molecule has 0 aliphatic heterocycles. The Labute approximate surface area is 181 Å².